The van der Waals surface area contributed by atoms with Crippen LogP contribution in [-0.2, 0) is 0 Å². The molecule has 1 amide bonds. The molecule has 0 aliphatic rings. The van der Waals surface area contributed by atoms with Crippen LogP contribution in [0.15, 0.2) is 65.4 Å². The molecule has 3 aromatic rings. The van der Waals surface area contributed by atoms with Gasteiger partial charge in [0.2, 0.25) is 0 Å². The Bertz CT molecular complexity index is 872. The molecule has 0 saturated carbocycles. The fraction of sp³-hybridized carbons (Fsp3) is 0. The molecule has 1 N–H and O–H groups in total. The van der Waals surface area contributed by atoms with E-state index in [4.69, 9.17) is 4.74 Å². The number of rotatable bonds is 4. The second-order valence-corrected chi connectivity index (χ2v) is 5.67. The van der Waals surface area contributed by atoms with Crippen molar-refractivity contribution < 1.29 is 13.9 Å². The third-order valence-electron chi connectivity index (χ3n) is 3.01. The monoisotopic (exact) mass is 387 g/mol. The minimum Gasteiger partial charge on any atom is -0.421 e. The zero-order valence-electron chi connectivity index (χ0n) is 12.2. The second kappa shape index (κ2) is 7.18. The van der Waals surface area contributed by atoms with E-state index >= 15 is 0 Å². The number of anilines is 1. The number of aromatic nitrogens is 2. The lowest BCUT2D eigenvalue weighted by molar-refractivity contribution is 0.102. The van der Waals surface area contributed by atoms with Crippen LogP contribution in [0.3, 0.4) is 0 Å². The molecule has 7 heteroatoms. The van der Waals surface area contributed by atoms with E-state index in [1.54, 1.807) is 30.3 Å². The highest BCUT2D eigenvalue weighted by Gasteiger charge is 2.09. The van der Waals surface area contributed by atoms with E-state index in [-0.39, 0.29) is 17.7 Å². The standard InChI is InChI=1S/C17H11BrFN3O2/c18-12-5-3-4-11(8-12)16(23)22-13-9-20-17(21-10-13)24-15-7-2-1-6-14(15)19/h1-10H,(H,22,23). The number of hydrogen-bond donors (Lipinski definition) is 1. The summed E-state index contributed by atoms with van der Waals surface area (Å²) >= 11 is 3.31. The van der Waals surface area contributed by atoms with Crippen LogP contribution in [0.25, 0.3) is 0 Å². The highest BCUT2D eigenvalue weighted by Crippen LogP contribution is 2.21. The Labute approximate surface area is 145 Å². The molecule has 1 aromatic heterocycles. The van der Waals surface area contributed by atoms with Crippen LogP contribution in [-0.4, -0.2) is 15.9 Å². The zero-order valence-corrected chi connectivity index (χ0v) is 13.8. The molecule has 0 bridgehead atoms. The first kappa shape index (κ1) is 16.1. The molecule has 0 radical (unpaired) electrons. The summed E-state index contributed by atoms with van der Waals surface area (Å²) in [6.45, 7) is 0. The van der Waals surface area contributed by atoms with Gasteiger partial charge in [-0.2, -0.15) is 0 Å². The van der Waals surface area contributed by atoms with E-state index in [9.17, 15) is 9.18 Å². The molecule has 0 aliphatic carbocycles. The first-order chi connectivity index (χ1) is 11.6. The lowest BCUT2D eigenvalue weighted by Gasteiger charge is -2.07. The number of ether oxygens (including phenoxy) is 1. The number of amides is 1. The zero-order chi connectivity index (χ0) is 16.9. The molecule has 0 saturated heterocycles. The van der Waals surface area contributed by atoms with E-state index in [0.717, 1.165) is 4.47 Å². The van der Waals surface area contributed by atoms with Gasteiger partial charge in [-0.15, -0.1) is 0 Å². The topological polar surface area (TPSA) is 64.1 Å². The number of nitrogens with one attached hydrogen (secondary N) is 1. The maximum Gasteiger partial charge on any atom is 0.322 e. The number of halogens is 2. The molecule has 3 rings (SSSR count). The molecule has 0 aliphatic heterocycles. The summed E-state index contributed by atoms with van der Waals surface area (Å²) in [7, 11) is 0. The van der Waals surface area contributed by atoms with E-state index in [0.29, 0.717) is 11.3 Å². The van der Waals surface area contributed by atoms with Gasteiger partial charge >= 0.3 is 6.01 Å². The Hall–Kier alpha value is -2.80. The fourth-order valence-corrected chi connectivity index (χ4v) is 2.29. The Balaban J connectivity index is 1.68. The van der Waals surface area contributed by atoms with Gasteiger partial charge in [0.15, 0.2) is 11.6 Å². The van der Waals surface area contributed by atoms with Crippen molar-refractivity contribution in [2.24, 2.45) is 0 Å². The van der Waals surface area contributed by atoms with Crippen LogP contribution in [0.5, 0.6) is 11.8 Å². The molecule has 0 atom stereocenters. The van der Waals surface area contributed by atoms with Crippen molar-refractivity contribution in [3.63, 3.8) is 0 Å². The van der Waals surface area contributed by atoms with Gasteiger partial charge in [0.1, 0.15) is 0 Å². The summed E-state index contributed by atoms with van der Waals surface area (Å²) in [6.07, 6.45) is 2.78. The molecule has 1 heterocycles. The van der Waals surface area contributed by atoms with Crippen LogP contribution in [0.2, 0.25) is 0 Å². The van der Waals surface area contributed by atoms with Gasteiger partial charge in [0.05, 0.1) is 18.1 Å². The number of carbonyl (C=O) groups is 1. The maximum absolute atomic E-state index is 13.5. The largest absolute Gasteiger partial charge is 0.421 e. The van der Waals surface area contributed by atoms with Crippen molar-refractivity contribution in [3.05, 3.63) is 76.8 Å². The molecule has 0 spiro atoms. The molecule has 5 nitrogen and oxygen atoms in total. The fourth-order valence-electron chi connectivity index (χ4n) is 1.89. The first-order valence-electron chi connectivity index (χ1n) is 6.93. The van der Waals surface area contributed by atoms with E-state index in [2.05, 4.69) is 31.2 Å². The second-order valence-electron chi connectivity index (χ2n) is 4.75. The third-order valence-corrected chi connectivity index (χ3v) is 3.50. The first-order valence-corrected chi connectivity index (χ1v) is 7.72. The molecule has 24 heavy (non-hydrogen) atoms. The average molecular weight is 388 g/mol. The lowest BCUT2D eigenvalue weighted by atomic mass is 10.2. The van der Waals surface area contributed by atoms with Gasteiger partial charge in [0.25, 0.3) is 5.91 Å². The minimum absolute atomic E-state index is 0.0134. The summed E-state index contributed by atoms with van der Waals surface area (Å²) in [5.74, 6) is -0.765. The van der Waals surface area contributed by atoms with Crippen molar-refractivity contribution in [3.8, 4) is 11.8 Å². The maximum atomic E-state index is 13.5. The Morgan fingerprint density at radius 1 is 1.08 bits per heavy atom. The molecular weight excluding hydrogens is 377 g/mol. The van der Waals surface area contributed by atoms with Gasteiger partial charge in [0, 0.05) is 10.0 Å². The smallest absolute Gasteiger partial charge is 0.322 e. The van der Waals surface area contributed by atoms with Gasteiger partial charge in [-0.05, 0) is 30.3 Å². The van der Waals surface area contributed by atoms with Crippen molar-refractivity contribution in [2.45, 2.75) is 0 Å². The number of para-hydroxylation sites is 1. The summed E-state index contributed by atoms with van der Waals surface area (Å²) in [6, 6.07) is 12.9. The highest BCUT2D eigenvalue weighted by molar-refractivity contribution is 9.10. The minimum atomic E-state index is -0.506. The van der Waals surface area contributed by atoms with Gasteiger partial charge in [-0.1, -0.05) is 34.1 Å². The Morgan fingerprint density at radius 3 is 2.54 bits per heavy atom. The van der Waals surface area contributed by atoms with Crippen LogP contribution in [0.1, 0.15) is 10.4 Å². The average Bonchev–Trinajstić information content (AvgIpc) is 2.58. The SMILES string of the molecule is O=C(Nc1cnc(Oc2ccccc2F)nc1)c1cccc(Br)c1. The number of hydrogen-bond acceptors (Lipinski definition) is 4. The summed E-state index contributed by atoms with van der Waals surface area (Å²) in [5.41, 5.74) is 0.900. The molecule has 120 valence electrons. The van der Waals surface area contributed by atoms with Gasteiger partial charge in [-0.3, -0.25) is 4.79 Å². The molecular formula is C17H11BrFN3O2. The predicted octanol–water partition coefficient (Wildman–Crippen LogP) is 4.42. The normalized spacial score (nSPS) is 10.2. The lowest BCUT2D eigenvalue weighted by Crippen LogP contribution is -2.12. The molecule has 2 aromatic carbocycles. The van der Waals surface area contributed by atoms with Crippen LogP contribution >= 0.6 is 15.9 Å². The summed E-state index contributed by atoms with van der Waals surface area (Å²) in [5, 5.41) is 2.67. The van der Waals surface area contributed by atoms with Crippen molar-refractivity contribution in [1.82, 2.24) is 9.97 Å². The van der Waals surface area contributed by atoms with E-state index in [1.165, 1.54) is 24.5 Å². The quantitative estimate of drug-likeness (QED) is 0.719. The number of benzene rings is 2. The highest BCUT2D eigenvalue weighted by atomic mass is 79.9. The van der Waals surface area contributed by atoms with Gasteiger partial charge < -0.3 is 10.1 Å². The van der Waals surface area contributed by atoms with Crippen molar-refractivity contribution >= 4 is 27.5 Å². The number of carbonyl (C=O) groups excluding carboxylic acids is 1. The summed E-state index contributed by atoms with van der Waals surface area (Å²) in [4.78, 5) is 20.0. The predicted molar refractivity (Wildman–Crippen MR) is 90.6 cm³/mol. The van der Waals surface area contributed by atoms with E-state index in [1.807, 2.05) is 6.07 Å². The summed E-state index contributed by atoms with van der Waals surface area (Å²) < 4.78 is 19.6. The number of nitrogens with zero attached hydrogens (tertiary/aromatic N) is 2. The van der Waals surface area contributed by atoms with Crippen LogP contribution in [0, 0.1) is 5.82 Å². The molecule has 0 fully saturated rings. The van der Waals surface area contributed by atoms with Crippen molar-refractivity contribution in [1.29, 1.82) is 0 Å². The van der Waals surface area contributed by atoms with E-state index < -0.39 is 5.82 Å². The van der Waals surface area contributed by atoms with Crippen molar-refractivity contribution in [2.75, 3.05) is 5.32 Å². The Kier molecular flexibility index (Phi) is 4.81. The Morgan fingerprint density at radius 2 is 1.83 bits per heavy atom. The molecule has 0 unspecified atom stereocenters. The van der Waals surface area contributed by atoms with Crippen LogP contribution in [0.4, 0.5) is 10.1 Å². The third kappa shape index (κ3) is 3.94. The van der Waals surface area contributed by atoms with Gasteiger partial charge in [-0.25, -0.2) is 14.4 Å². The van der Waals surface area contributed by atoms with Crippen LogP contribution < -0.4 is 10.1 Å².